The summed E-state index contributed by atoms with van der Waals surface area (Å²) < 4.78 is 15.6. The molecule has 0 spiro atoms. The molecule has 2 rings (SSSR count). The lowest BCUT2D eigenvalue weighted by Crippen LogP contribution is -2.21. The van der Waals surface area contributed by atoms with Crippen LogP contribution in [0.1, 0.15) is 24.0 Å². The summed E-state index contributed by atoms with van der Waals surface area (Å²) in [7, 11) is 3.17. The van der Waals surface area contributed by atoms with E-state index >= 15 is 0 Å². The van der Waals surface area contributed by atoms with Crippen molar-refractivity contribution in [2.24, 2.45) is 0 Å². The maximum atomic E-state index is 11.4. The molecule has 0 bridgehead atoms. The lowest BCUT2D eigenvalue weighted by molar-refractivity contribution is -0.147. The van der Waals surface area contributed by atoms with Gasteiger partial charge in [0.15, 0.2) is 11.5 Å². The Kier molecular flexibility index (Phi) is 2.73. The van der Waals surface area contributed by atoms with Crippen molar-refractivity contribution in [2.75, 3.05) is 14.2 Å². The van der Waals surface area contributed by atoms with Gasteiger partial charge >= 0.3 is 5.97 Å². The summed E-state index contributed by atoms with van der Waals surface area (Å²) in [5, 5.41) is 0. The normalized spacial score (nSPS) is 18.7. The molecule has 1 unspecified atom stereocenters. The predicted molar refractivity (Wildman–Crippen MR) is 57.8 cm³/mol. The average Bonchev–Trinajstić information content (AvgIpc) is 2.32. The van der Waals surface area contributed by atoms with Crippen molar-refractivity contribution < 1.29 is 19.0 Å². The maximum absolute atomic E-state index is 11.4. The molecule has 16 heavy (non-hydrogen) atoms. The first-order valence-corrected chi connectivity index (χ1v) is 5.09. The molecule has 1 aromatic carbocycles. The number of esters is 1. The van der Waals surface area contributed by atoms with Crippen LogP contribution in [0.2, 0.25) is 0 Å². The highest BCUT2D eigenvalue weighted by Gasteiger charge is 2.29. The molecule has 0 amide bonds. The van der Waals surface area contributed by atoms with Crippen LogP contribution in [-0.4, -0.2) is 20.2 Å². The molecule has 1 heterocycles. The molecule has 1 atom stereocenters. The molecule has 0 aliphatic carbocycles. The third kappa shape index (κ3) is 1.50. The van der Waals surface area contributed by atoms with E-state index in [9.17, 15) is 4.79 Å². The van der Waals surface area contributed by atoms with Gasteiger partial charge in [0.2, 0.25) is 0 Å². The number of rotatable bonds is 2. The maximum Gasteiger partial charge on any atom is 0.313 e. The zero-order chi connectivity index (χ0) is 11.7. The van der Waals surface area contributed by atoms with Crippen molar-refractivity contribution in [3.8, 4) is 11.5 Å². The van der Waals surface area contributed by atoms with Crippen LogP contribution in [0.5, 0.6) is 11.5 Å². The number of hydrogen-bond acceptors (Lipinski definition) is 4. The van der Waals surface area contributed by atoms with E-state index in [1.807, 2.05) is 19.1 Å². The fourth-order valence-corrected chi connectivity index (χ4v) is 1.96. The van der Waals surface area contributed by atoms with Gasteiger partial charge in [-0.25, -0.2) is 0 Å². The van der Waals surface area contributed by atoms with Gasteiger partial charge in [0, 0.05) is 5.56 Å². The molecule has 1 aliphatic heterocycles. The summed E-state index contributed by atoms with van der Waals surface area (Å²) in [4.78, 5) is 11.4. The molecule has 0 aromatic heterocycles. The second-order valence-electron chi connectivity index (χ2n) is 3.70. The number of carbonyl (C=O) groups excluding carboxylic acids is 1. The van der Waals surface area contributed by atoms with E-state index in [0.717, 1.165) is 11.1 Å². The standard InChI is InChI=1S/C12H14O4/c1-7-8-4-5-10(14-2)11(15-3)9(8)6-16-12(7)13/h4-5,7H,6H2,1-3H3. The molecule has 1 aromatic rings. The van der Waals surface area contributed by atoms with Gasteiger partial charge in [0.05, 0.1) is 20.1 Å². The van der Waals surface area contributed by atoms with Crippen molar-refractivity contribution in [3.05, 3.63) is 23.3 Å². The molecule has 0 saturated heterocycles. The van der Waals surface area contributed by atoms with Gasteiger partial charge in [-0.1, -0.05) is 6.07 Å². The molecule has 0 fully saturated rings. The number of cyclic esters (lactones) is 1. The Bertz CT molecular complexity index is 425. The first-order valence-electron chi connectivity index (χ1n) is 5.09. The first-order chi connectivity index (χ1) is 7.69. The molecule has 0 radical (unpaired) electrons. The predicted octanol–water partition coefficient (Wildman–Crippen LogP) is 1.86. The summed E-state index contributed by atoms with van der Waals surface area (Å²) in [5.74, 6) is 0.869. The molecule has 4 heteroatoms. The highest BCUT2D eigenvalue weighted by molar-refractivity contribution is 5.80. The van der Waals surface area contributed by atoms with E-state index in [1.54, 1.807) is 14.2 Å². The van der Waals surface area contributed by atoms with Gasteiger partial charge in [-0.3, -0.25) is 4.79 Å². The molecule has 1 aliphatic rings. The second-order valence-corrected chi connectivity index (χ2v) is 3.70. The lowest BCUT2D eigenvalue weighted by atomic mass is 9.93. The number of benzene rings is 1. The third-order valence-corrected chi connectivity index (χ3v) is 2.86. The lowest BCUT2D eigenvalue weighted by Gasteiger charge is -2.24. The van der Waals surface area contributed by atoms with E-state index in [1.165, 1.54) is 0 Å². The summed E-state index contributed by atoms with van der Waals surface area (Å²) in [6.45, 7) is 2.07. The van der Waals surface area contributed by atoms with Crippen LogP contribution < -0.4 is 9.47 Å². The number of hydrogen-bond donors (Lipinski definition) is 0. The van der Waals surface area contributed by atoms with Gasteiger partial charge < -0.3 is 14.2 Å². The van der Waals surface area contributed by atoms with Gasteiger partial charge in [-0.05, 0) is 18.6 Å². The van der Waals surface area contributed by atoms with E-state index in [-0.39, 0.29) is 18.5 Å². The van der Waals surface area contributed by atoms with E-state index in [4.69, 9.17) is 14.2 Å². The summed E-state index contributed by atoms with van der Waals surface area (Å²) >= 11 is 0. The van der Waals surface area contributed by atoms with E-state index in [2.05, 4.69) is 0 Å². The van der Waals surface area contributed by atoms with E-state index < -0.39 is 0 Å². The minimum atomic E-state index is -0.247. The number of fused-ring (bicyclic) bond motifs is 1. The molecule has 0 N–H and O–H groups in total. The Morgan fingerprint density at radius 3 is 2.69 bits per heavy atom. The summed E-state index contributed by atoms with van der Waals surface area (Å²) in [6, 6.07) is 3.70. The van der Waals surface area contributed by atoms with Gasteiger partial charge in [0.1, 0.15) is 6.61 Å². The number of ether oxygens (including phenoxy) is 3. The topological polar surface area (TPSA) is 44.8 Å². The highest BCUT2D eigenvalue weighted by atomic mass is 16.5. The van der Waals surface area contributed by atoms with Gasteiger partial charge in [-0.2, -0.15) is 0 Å². The highest BCUT2D eigenvalue weighted by Crippen LogP contribution is 2.39. The fourth-order valence-electron chi connectivity index (χ4n) is 1.96. The third-order valence-electron chi connectivity index (χ3n) is 2.86. The minimum absolute atomic E-state index is 0.195. The van der Waals surface area contributed by atoms with Crippen LogP contribution in [0.15, 0.2) is 12.1 Å². The largest absolute Gasteiger partial charge is 0.493 e. The van der Waals surface area contributed by atoms with Crippen LogP contribution in [-0.2, 0) is 16.1 Å². The average molecular weight is 222 g/mol. The minimum Gasteiger partial charge on any atom is -0.493 e. The van der Waals surface area contributed by atoms with Gasteiger partial charge in [-0.15, -0.1) is 0 Å². The Morgan fingerprint density at radius 2 is 2.06 bits per heavy atom. The Morgan fingerprint density at radius 1 is 1.31 bits per heavy atom. The van der Waals surface area contributed by atoms with Crippen LogP contribution in [0.25, 0.3) is 0 Å². The first kappa shape index (κ1) is 10.8. The van der Waals surface area contributed by atoms with Crippen LogP contribution in [0, 0.1) is 0 Å². The Hall–Kier alpha value is -1.71. The fraction of sp³-hybridized carbons (Fsp3) is 0.417. The van der Waals surface area contributed by atoms with Crippen LogP contribution >= 0.6 is 0 Å². The summed E-state index contributed by atoms with van der Waals surface area (Å²) in [6.07, 6.45) is 0. The van der Waals surface area contributed by atoms with E-state index in [0.29, 0.717) is 11.5 Å². The number of methoxy groups -OCH3 is 2. The van der Waals surface area contributed by atoms with Crippen LogP contribution in [0.3, 0.4) is 0 Å². The van der Waals surface area contributed by atoms with Crippen molar-refractivity contribution in [1.29, 1.82) is 0 Å². The van der Waals surface area contributed by atoms with Crippen molar-refractivity contribution >= 4 is 5.97 Å². The zero-order valence-corrected chi connectivity index (χ0v) is 9.57. The zero-order valence-electron chi connectivity index (χ0n) is 9.57. The number of carbonyl (C=O) groups is 1. The SMILES string of the molecule is COc1ccc2c(c1OC)COC(=O)C2C. The molecular formula is C12H14O4. The molecular weight excluding hydrogens is 208 g/mol. The van der Waals surface area contributed by atoms with Crippen molar-refractivity contribution in [3.63, 3.8) is 0 Å². The Labute approximate surface area is 94.1 Å². The van der Waals surface area contributed by atoms with Crippen molar-refractivity contribution in [2.45, 2.75) is 19.4 Å². The van der Waals surface area contributed by atoms with Crippen LogP contribution in [0.4, 0.5) is 0 Å². The quantitative estimate of drug-likeness (QED) is 0.716. The molecule has 86 valence electrons. The second kappa shape index (κ2) is 4.04. The molecule has 0 saturated carbocycles. The monoisotopic (exact) mass is 222 g/mol. The molecule has 4 nitrogen and oxygen atoms in total. The summed E-state index contributed by atoms with van der Waals surface area (Å²) in [5.41, 5.74) is 1.85. The van der Waals surface area contributed by atoms with Crippen molar-refractivity contribution in [1.82, 2.24) is 0 Å². The van der Waals surface area contributed by atoms with Gasteiger partial charge in [0.25, 0.3) is 0 Å². The smallest absolute Gasteiger partial charge is 0.313 e. The Balaban J connectivity index is 2.56.